The van der Waals surface area contributed by atoms with E-state index in [0.717, 1.165) is 12.0 Å². The van der Waals surface area contributed by atoms with Gasteiger partial charge in [-0.25, -0.2) is 8.42 Å². The minimum Gasteiger partial charge on any atom is -0.381 e. The Morgan fingerprint density at radius 2 is 2.10 bits per heavy atom. The van der Waals surface area contributed by atoms with Crippen LogP contribution in [0.3, 0.4) is 0 Å². The van der Waals surface area contributed by atoms with Crippen LogP contribution in [0.15, 0.2) is 23.5 Å². The highest BCUT2D eigenvalue weighted by atomic mass is 32.2. The summed E-state index contributed by atoms with van der Waals surface area (Å²) in [6, 6.07) is 0. The van der Waals surface area contributed by atoms with Gasteiger partial charge in [0.05, 0.1) is 6.20 Å². The van der Waals surface area contributed by atoms with Crippen molar-refractivity contribution in [3.05, 3.63) is 24.2 Å². The zero-order valence-electron chi connectivity index (χ0n) is 12.4. The Morgan fingerprint density at radius 1 is 1.38 bits per heavy atom. The molecular weight excluding hydrogens is 292 g/mol. The second-order valence-corrected chi connectivity index (χ2v) is 6.94. The van der Waals surface area contributed by atoms with Crippen molar-refractivity contribution in [1.29, 1.82) is 0 Å². The summed E-state index contributed by atoms with van der Waals surface area (Å²) in [5.74, 6) is 0.0292. The molecule has 0 unspecified atom stereocenters. The van der Waals surface area contributed by atoms with E-state index >= 15 is 0 Å². The summed E-state index contributed by atoms with van der Waals surface area (Å²) < 4.78 is 29.5. The predicted molar refractivity (Wildman–Crippen MR) is 78.8 cm³/mol. The maximum absolute atomic E-state index is 12.5. The average molecular weight is 312 g/mol. The van der Waals surface area contributed by atoms with Crippen molar-refractivity contribution in [2.24, 2.45) is 7.05 Å². The quantitative estimate of drug-likeness (QED) is 0.834. The minimum atomic E-state index is -3.67. The van der Waals surface area contributed by atoms with Crippen molar-refractivity contribution >= 4 is 15.8 Å². The molecule has 0 aromatic carbocycles. The standard InChI is InChI=1S/C12H20N6O2S/c1-4-5-18-9-11(12(13)15-18)21(19,20)17(3)8-10-6-14-16(2)7-10/h6-7,9H,4-5,8H2,1-3H3,(H2,13,15). The summed E-state index contributed by atoms with van der Waals surface area (Å²) in [5.41, 5.74) is 6.55. The smallest absolute Gasteiger partial charge is 0.248 e. The molecule has 2 rings (SSSR count). The van der Waals surface area contributed by atoms with Crippen LogP contribution in [0.5, 0.6) is 0 Å². The molecule has 0 fully saturated rings. The first-order chi connectivity index (χ1) is 9.84. The van der Waals surface area contributed by atoms with Crippen LogP contribution in [0, 0.1) is 0 Å². The fraction of sp³-hybridized carbons (Fsp3) is 0.500. The first kappa shape index (κ1) is 15.5. The number of anilines is 1. The van der Waals surface area contributed by atoms with Gasteiger partial charge in [-0.3, -0.25) is 9.36 Å². The Labute approximate surface area is 124 Å². The molecule has 9 heteroatoms. The zero-order chi connectivity index (χ0) is 15.6. The third-order valence-electron chi connectivity index (χ3n) is 3.06. The average Bonchev–Trinajstić information content (AvgIpc) is 2.96. The van der Waals surface area contributed by atoms with Gasteiger partial charge < -0.3 is 5.73 Å². The molecule has 0 amide bonds. The summed E-state index contributed by atoms with van der Waals surface area (Å²) in [6.45, 7) is 2.85. The molecule has 2 aromatic rings. The lowest BCUT2D eigenvalue weighted by Crippen LogP contribution is -2.26. The highest BCUT2D eigenvalue weighted by Crippen LogP contribution is 2.21. The van der Waals surface area contributed by atoms with Crippen LogP contribution in [0.25, 0.3) is 0 Å². The topological polar surface area (TPSA) is 99.0 Å². The lowest BCUT2D eigenvalue weighted by molar-refractivity contribution is 0.466. The summed E-state index contributed by atoms with van der Waals surface area (Å²) in [7, 11) is -0.373. The van der Waals surface area contributed by atoms with Gasteiger partial charge >= 0.3 is 0 Å². The monoisotopic (exact) mass is 312 g/mol. The molecule has 0 bridgehead atoms. The van der Waals surface area contributed by atoms with Gasteiger partial charge in [0.2, 0.25) is 10.0 Å². The third-order valence-corrected chi connectivity index (χ3v) is 4.88. The molecule has 0 aliphatic rings. The van der Waals surface area contributed by atoms with Gasteiger partial charge in [-0.15, -0.1) is 0 Å². The van der Waals surface area contributed by atoms with E-state index in [-0.39, 0.29) is 17.3 Å². The van der Waals surface area contributed by atoms with Crippen LogP contribution in [0.1, 0.15) is 18.9 Å². The van der Waals surface area contributed by atoms with E-state index in [9.17, 15) is 8.42 Å². The third kappa shape index (κ3) is 3.24. The summed E-state index contributed by atoms with van der Waals surface area (Å²) >= 11 is 0. The van der Waals surface area contributed by atoms with E-state index in [1.807, 2.05) is 6.92 Å². The number of sulfonamides is 1. The number of hydrogen-bond donors (Lipinski definition) is 1. The molecule has 2 aromatic heterocycles. The van der Waals surface area contributed by atoms with Crippen LogP contribution in [-0.4, -0.2) is 39.3 Å². The van der Waals surface area contributed by atoms with Crippen molar-refractivity contribution in [3.8, 4) is 0 Å². The maximum atomic E-state index is 12.5. The van der Waals surface area contributed by atoms with Gasteiger partial charge in [0.25, 0.3) is 0 Å². The van der Waals surface area contributed by atoms with Crippen molar-refractivity contribution in [2.45, 2.75) is 31.3 Å². The first-order valence-corrected chi connectivity index (χ1v) is 8.05. The van der Waals surface area contributed by atoms with Crippen LogP contribution >= 0.6 is 0 Å². The number of rotatable bonds is 6. The van der Waals surface area contributed by atoms with Crippen molar-refractivity contribution < 1.29 is 8.42 Å². The number of aryl methyl sites for hydroxylation is 2. The predicted octanol–water partition coefficient (Wildman–Crippen LogP) is 0.429. The second kappa shape index (κ2) is 5.86. The zero-order valence-corrected chi connectivity index (χ0v) is 13.2. The molecule has 0 atom stereocenters. The summed E-state index contributed by atoms with van der Waals surface area (Å²) in [5, 5.41) is 8.06. The Balaban J connectivity index is 2.24. The molecule has 2 N–H and O–H groups in total. The number of hydrogen-bond acceptors (Lipinski definition) is 5. The van der Waals surface area contributed by atoms with E-state index in [4.69, 9.17) is 5.73 Å². The maximum Gasteiger partial charge on any atom is 0.248 e. The van der Waals surface area contributed by atoms with Gasteiger partial charge in [-0.05, 0) is 6.42 Å². The molecule has 0 aliphatic heterocycles. The molecule has 8 nitrogen and oxygen atoms in total. The number of nitrogens with two attached hydrogens (primary N) is 1. The Kier molecular flexibility index (Phi) is 4.33. The Morgan fingerprint density at radius 3 is 2.67 bits per heavy atom. The van der Waals surface area contributed by atoms with Gasteiger partial charge in [-0.1, -0.05) is 6.92 Å². The molecule has 0 aliphatic carbocycles. The van der Waals surface area contributed by atoms with Crippen molar-refractivity contribution in [3.63, 3.8) is 0 Å². The van der Waals surface area contributed by atoms with Crippen LogP contribution in [-0.2, 0) is 30.2 Å². The second-order valence-electron chi connectivity index (χ2n) is 4.92. The normalized spacial score (nSPS) is 12.2. The van der Waals surface area contributed by atoms with E-state index in [0.29, 0.717) is 6.54 Å². The van der Waals surface area contributed by atoms with E-state index in [1.165, 1.54) is 17.5 Å². The van der Waals surface area contributed by atoms with Gasteiger partial charge in [0.15, 0.2) is 5.82 Å². The first-order valence-electron chi connectivity index (χ1n) is 6.61. The van der Waals surface area contributed by atoms with Gasteiger partial charge in [-0.2, -0.15) is 14.5 Å². The van der Waals surface area contributed by atoms with E-state index in [1.54, 1.807) is 28.8 Å². The van der Waals surface area contributed by atoms with Crippen LogP contribution in [0.4, 0.5) is 5.82 Å². The van der Waals surface area contributed by atoms with Crippen molar-refractivity contribution in [1.82, 2.24) is 23.9 Å². The molecule has 0 saturated carbocycles. The van der Waals surface area contributed by atoms with Crippen LogP contribution in [0.2, 0.25) is 0 Å². The van der Waals surface area contributed by atoms with E-state index < -0.39 is 10.0 Å². The molecule has 2 heterocycles. The molecule has 21 heavy (non-hydrogen) atoms. The summed E-state index contributed by atoms with van der Waals surface area (Å²) in [6.07, 6.45) is 5.74. The Bertz CT molecular complexity index is 718. The molecule has 0 spiro atoms. The lowest BCUT2D eigenvalue weighted by Gasteiger charge is -2.15. The fourth-order valence-corrected chi connectivity index (χ4v) is 3.24. The Hall–Kier alpha value is -1.87. The van der Waals surface area contributed by atoms with Gasteiger partial charge in [0.1, 0.15) is 4.90 Å². The van der Waals surface area contributed by atoms with Gasteiger partial charge in [0, 0.05) is 45.1 Å². The number of nitrogen functional groups attached to an aromatic ring is 1. The number of nitrogens with zero attached hydrogens (tertiary/aromatic N) is 5. The SMILES string of the molecule is CCCn1cc(S(=O)(=O)N(C)Cc2cnn(C)c2)c(N)n1. The van der Waals surface area contributed by atoms with Crippen LogP contribution < -0.4 is 5.73 Å². The van der Waals surface area contributed by atoms with E-state index in [2.05, 4.69) is 10.2 Å². The molecule has 116 valence electrons. The minimum absolute atomic E-state index is 0.0292. The molecule has 0 saturated heterocycles. The lowest BCUT2D eigenvalue weighted by atomic mass is 10.4. The molecule has 0 radical (unpaired) electrons. The number of aromatic nitrogens is 4. The summed E-state index contributed by atoms with van der Waals surface area (Å²) in [4.78, 5) is 0.0438. The largest absolute Gasteiger partial charge is 0.381 e. The van der Waals surface area contributed by atoms with Crippen molar-refractivity contribution in [2.75, 3.05) is 12.8 Å². The highest BCUT2D eigenvalue weighted by Gasteiger charge is 2.26. The highest BCUT2D eigenvalue weighted by molar-refractivity contribution is 7.89. The fourth-order valence-electron chi connectivity index (χ4n) is 2.02. The molecular formula is C12H20N6O2S.